The second kappa shape index (κ2) is 14.9. The van der Waals surface area contributed by atoms with Gasteiger partial charge in [0.15, 0.2) is 31.3 Å². The van der Waals surface area contributed by atoms with E-state index in [4.69, 9.17) is 38.4 Å². The Hall–Kier alpha value is -4.57. The van der Waals surface area contributed by atoms with Gasteiger partial charge in [-0.05, 0) is 71.5 Å². The highest BCUT2D eigenvalue weighted by molar-refractivity contribution is 6.74. The molecule has 3 aromatic heterocycles. The number of aromatic nitrogens is 6. The van der Waals surface area contributed by atoms with Crippen LogP contribution in [0.25, 0.3) is 16.7 Å². The Morgan fingerprint density at radius 3 is 2.30 bits per heavy atom. The molecule has 2 N–H and O–H groups in total. The number of rotatable bonds is 12. The van der Waals surface area contributed by atoms with Crippen LogP contribution in [0, 0.1) is 6.92 Å². The van der Waals surface area contributed by atoms with E-state index in [9.17, 15) is 4.79 Å². The summed E-state index contributed by atoms with van der Waals surface area (Å²) in [6.45, 7) is 20.5. The van der Waals surface area contributed by atoms with Crippen molar-refractivity contribution in [1.82, 2.24) is 34.6 Å². The third-order valence-electron chi connectivity index (χ3n) is 10.7. The van der Waals surface area contributed by atoms with E-state index >= 15 is 0 Å². The number of amides is 1. The SMILES string of the molecule is COc1cc(-n2cnc(Nc3nc(N4CCC[C@H]4CO[Si](C)(C)C(C)(C)C)c4c(C)nn(C5CC(NC(=O)OC(C)(C)C)C5)c4n3)c2)cc(OC)c1OC. The minimum absolute atomic E-state index is 0.0158. The Kier molecular flexibility index (Phi) is 10.8. The summed E-state index contributed by atoms with van der Waals surface area (Å²) in [5.74, 6) is 3.38. The number of aryl methyl sites for hydroxylation is 1. The highest BCUT2D eigenvalue weighted by Crippen LogP contribution is 2.42. The number of imidazole rings is 1. The number of methoxy groups -OCH3 is 3. The molecule has 1 amide bonds. The van der Waals surface area contributed by atoms with Gasteiger partial charge in [-0.2, -0.15) is 15.1 Å². The molecule has 54 heavy (non-hydrogen) atoms. The first-order valence-corrected chi connectivity index (χ1v) is 21.6. The second-order valence-electron chi connectivity index (χ2n) is 16.8. The number of anilines is 3. The zero-order chi connectivity index (χ0) is 39.2. The predicted octanol–water partition coefficient (Wildman–Crippen LogP) is 7.31. The fourth-order valence-corrected chi connectivity index (χ4v) is 7.79. The summed E-state index contributed by atoms with van der Waals surface area (Å²) in [5.41, 5.74) is 1.81. The molecule has 15 nitrogen and oxygen atoms in total. The van der Waals surface area contributed by atoms with Crippen LogP contribution in [0.4, 0.5) is 22.4 Å². The molecule has 1 saturated carbocycles. The van der Waals surface area contributed by atoms with E-state index in [1.807, 2.05) is 55.3 Å². The van der Waals surface area contributed by atoms with E-state index in [1.165, 1.54) is 0 Å². The second-order valence-corrected chi connectivity index (χ2v) is 21.6. The van der Waals surface area contributed by atoms with Gasteiger partial charge in [0.05, 0.1) is 63.0 Å². The lowest BCUT2D eigenvalue weighted by Gasteiger charge is -2.38. The first-order chi connectivity index (χ1) is 25.4. The van der Waals surface area contributed by atoms with E-state index in [0.29, 0.717) is 48.5 Å². The van der Waals surface area contributed by atoms with Crippen molar-refractivity contribution in [3.05, 3.63) is 30.4 Å². The number of hydrogen-bond acceptors (Lipinski definition) is 12. The fraction of sp³-hybridized carbons (Fsp3) is 0.605. The maximum Gasteiger partial charge on any atom is 0.407 e. The summed E-state index contributed by atoms with van der Waals surface area (Å²) < 4.78 is 32.8. The molecule has 16 heteroatoms. The van der Waals surface area contributed by atoms with Crippen molar-refractivity contribution in [2.24, 2.45) is 0 Å². The molecular weight excluding hydrogens is 707 g/mol. The Bertz CT molecular complexity index is 1950. The molecule has 2 fully saturated rings. The number of fused-ring (bicyclic) bond motifs is 1. The van der Waals surface area contributed by atoms with E-state index in [0.717, 1.165) is 47.6 Å². The minimum Gasteiger partial charge on any atom is -0.493 e. The molecule has 0 bridgehead atoms. The van der Waals surface area contributed by atoms with E-state index in [2.05, 4.69) is 54.4 Å². The molecule has 6 rings (SSSR count). The number of carbonyl (C=O) groups excluding carboxylic acids is 1. The summed E-state index contributed by atoms with van der Waals surface area (Å²) in [7, 11) is 2.78. The lowest BCUT2D eigenvalue weighted by atomic mass is 9.87. The summed E-state index contributed by atoms with van der Waals surface area (Å²) >= 11 is 0. The van der Waals surface area contributed by atoms with Gasteiger partial charge < -0.3 is 43.5 Å². The molecule has 1 aliphatic carbocycles. The zero-order valence-electron chi connectivity index (χ0n) is 33.9. The topological polar surface area (TPSA) is 152 Å². The first kappa shape index (κ1) is 39.1. The van der Waals surface area contributed by atoms with Gasteiger partial charge in [-0.3, -0.25) is 0 Å². The van der Waals surface area contributed by atoms with Crippen LogP contribution >= 0.6 is 0 Å². The number of alkyl carbamates (subject to hydrolysis) is 1. The lowest BCUT2D eigenvalue weighted by Crippen LogP contribution is -2.47. The zero-order valence-corrected chi connectivity index (χ0v) is 34.9. The third-order valence-corrected chi connectivity index (χ3v) is 15.3. The molecule has 4 aromatic rings. The van der Waals surface area contributed by atoms with Crippen molar-refractivity contribution in [2.45, 2.75) is 116 Å². The van der Waals surface area contributed by atoms with Crippen LogP contribution in [-0.2, 0) is 9.16 Å². The summed E-state index contributed by atoms with van der Waals surface area (Å²) in [4.78, 5) is 29.8. The molecule has 4 heterocycles. The van der Waals surface area contributed by atoms with Gasteiger partial charge in [0.25, 0.3) is 0 Å². The lowest BCUT2D eigenvalue weighted by molar-refractivity contribution is 0.0454. The molecule has 0 radical (unpaired) electrons. The highest BCUT2D eigenvalue weighted by Gasteiger charge is 2.40. The average molecular weight is 764 g/mol. The number of nitrogens with zero attached hydrogens (tertiary/aromatic N) is 7. The van der Waals surface area contributed by atoms with Gasteiger partial charge in [-0.1, -0.05) is 20.8 Å². The van der Waals surface area contributed by atoms with Gasteiger partial charge in [0.2, 0.25) is 11.7 Å². The molecule has 0 spiro atoms. The molecule has 1 saturated heterocycles. The Morgan fingerprint density at radius 1 is 1.00 bits per heavy atom. The van der Waals surface area contributed by atoms with Gasteiger partial charge in [-0.15, -0.1) is 0 Å². The molecule has 2 aliphatic rings. The largest absolute Gasteiger partial charge is 0.493 e. The monoisotopic (exact) mass is 763 g/mol. The van der Waals surface area contributed by atoms with Crippen LogP contribution in [0.15, 0.2) is 24.7 Å². The van der Waals surface area contributed by atoms with Gasteiger partial charge in [0, 0.05) is 24.7 Å². The van der Waals surface area contributed by atoms with Gasteiger partial charge >= 0.3 is 6.09 Å². The third kappa shape index (κ3) is 8.09. The van der Waals surface area contributed by atoms with Crippen LogP contribution in [0.3, 0.4) is 0 Å². The van der Waals surface area contributed by atoms with Crippen molar-refractivity contribution in [1.29, 1.82) is 0 Å². The number of benzene rings is 1. The summed E-state index contributed by atoms with van der Waals surface area (Å²) in [6.07, 6.45) is 6.63. The highest BCUT2D eigenvalue weighted by atomic mass is 28.4. The molecule has 0 unspecified atom stereocenters. The Balaban J connectivity index is 1.33. The average Bonchev–Trinajstić information content (AvgIpc) is 3.82. The molecule has 1 aromatic carbocycles. The summed E-state index contributed by atoms with van der Waals surface area (Å²) in [6, 6.07) is 3.92. The van der Waals surface area contributed by atoms with Crippen LogP contribution in [0.1, 0.15) is 79.0 Å². The first-order valence-electron chi connectivity index (χ1n) is 18.7. The maximum absolute atomic E-state index is 12.5. The van der Waals surface area contributed by atoms with Gasteiger partial charge in [0.1, 0.15) is 17.7 Å². The van der Waals surface area contributed by atoms with E-state index in [1.54, 1.807) is 27.7 Å². The van der Waals surface area contributed by atoms with Crippen LogP contribution in [0.2, 0.25) is 18.1 Å². The maximum atomic E-state index is 12.5. The molecule has 294 valence electrons. The van der Waals surface area contributed by atoms with Crippen LogP contribution in [0.5, 0.6) is 17.2 Å². The quantitative estimate of drug-likeness (QED) is 0.139. The molecule has 1 aliphatic heterocycles. The minimum atomic E-state index is -1.97. The number of ether oxygens (including phenoxy) is 4. The van der Waals surface area contributed by atoms with Crippen LogP contribution in [-0.4, -0.2) is 95.9 Å². The van der Waals surface area contributed by atoms with Crippen LogP contribution < -0.4 is 29.7 Å². The Labute approximate surface area is 319 Å². The summed E-state index contributed by atoms with van der Waals surface area (Å²) in [5, 5.41) is 12.5. The van der Waals surface area contributed by atoms with Crippen molar-refractivity contribution >= 4 is 43.0 Å². The fourth-order valence-electron chi connectivity index (χ4n) is 6.75. The molecular formula is C38H57N9O6Si. The van der Waals surface area contributed by atoms with E-state index in [-0.39, 0.29) is 23.2 Å². The molecule has 1 atom stereocenters. The van der Waals surface area contributed by atoms with E-state index < -0.39 is 20.0 Å². The number of nitrogens with one attached hydrogen (secondary N) is 2. The normalized spacial score (nSPS) is 19.1. The van der Waals surface area contributed by atoms with Gasteiger partial charge in [-0.25, -0.2) is 14.5 Å². The predicted molar refractivity (Wildman–Crippen MR) is 212 cm³/mol. The standard InChI is InChI=1S/C38H57N9O6Si/c1-23-31-33(46-15-13-14-25(46)21-52-54(11,12)38(5,6)7)42-35(43-34(31)47(44-23)27-16-24(17-27)40-36(48)53-37(2,3)4)41-30-20-45(22-39-30)26-18-28(49-8)32(51-10)29(19-26)50-9/h18-20,22,24-25,27H,13-17,21H2,1-12H3,(H,40,48)(H,41,42,43)/t24?,25-,27?/m0/s1. The Morgan fingerprint density at radius 2 is 1.69 bits per heavy atom. The van der Waals surface area contributed by atoms with Crippen molar-refractivity contribution in [3.63, 3.8) is 0 Å². The smallest absolute Gasteiger partial charge is 0.407 e. The number of hydrogen-bond donors (Lipinski definition) is 2. The van der Waals surface area contributed by atoms with Crippen molar-refractivity contribution in [3.8, 4) is 22.9 Å². The number of carbonyl (C=O) groups is 1. The van der Waals surface area contributed by atoms with Crippen molar-refractivity contribution < 1.29 is 28.2 Å². The van der Waals surface area contributed by atoms with Crippen molar-refractivity contribution in [2.75, 3.05) is 44.7 Å².